The van der Waals surface area contributed by atoms with Crippen molar-refractivity contribution in [2.45, 2.75) is 20.3 Å². The Morgan fingerprint density at radius 2 is 2.21 bits per heavy atom. The molecule has 5 nitrogen and oxygen atoms in total. The monoisotopic (exact) mass is 263 g/mol. The van der Waals surface area contributed by atoms with Crippen LogP contribution in [0.1, 0.15) is 20.3 Å². The van der Waals surface area contributed by atoms with E-state index in [4.69, 9.17) is 10.6 Å². The molecule has 1 aromatic rings. The molecule has 0 unspecified atom stereocenters. The first-order valence-corrected chi connectivity index (χ1v) is 6.52. The number of para-hydroxylation sites is 2. The van der Waals surface area contributed by atoms with Crippen LogP contribution in [0.3, 0.4) is 0 Å². The maximum absolute atomic E-state index is 11.8. The van der Waals surface area contributed by atoms with Gasteiger partial charge in [0, 0.05) is 13.1 Å². The topological polar surface area (TPSA) is 67.6 Å². The number of amides is 1. The van der Waals surface area contributed by atoms with Gasteiger partial charge in [-0.15, -0.1) is 0 Å². The fourth-order valence-corrected chi connectivity index (χ4v) is 2.31. The number of ether oxygens (including phenoxy) is 1. The minimum atomic E-state index is -0.549. The Morgan fingerprint density at radius 3 is 2.95 bits per heavy atom. The number of hydrazine groups is 1. The summed E-state index contributed by atoms with van der Waals surface area (Å²) in [5.74, 6) is 5.97. The molecule has 0 aromatic heterocycles. The van der Waals surface area contributed by atoms with Crippen LogP contribution in [0.15, 0.2) is 24.3 Å². The van der Waals surface area contributed by atoms with Crippen molar-refractivity contribution in [3.05, 3.63) is 24.3 Å². The predicted octanol–water partition coefficient (Wildman–Crippen LogP) is 1.29. The highest BCUT2D eigenvalue weighted by molar-refractivity contribution is 5.82. The Labute approximate surface area is 113 Å². The second-order valence-corrected chi connectivity index (χ2v) is 5.45. The lowest BCUT2D eigenvalue weighted by atomic mass is 9.91. The van der Waals surface area contributed by atoms with Gasteiger partial charge in [-0.3, -0.25) is 10.2 Å². The van der Waals surface area contributed by atoms with Crippen LogP contribution in [0.5, 0.6) is 5.75 Å². The molecule has 1 aromatic carbocycles. The number of fused-ring (bicyclic) bond motifs is 1. The molecule has 0 saturated carbocycles. The first-order chi connectivity index (χ1) is 9.04. The van der Waals surface area contributed by atoms with Gasteiger partial charge >= 0.3 is 0 Å². The summed E-state index contributed by atoms with van der Waals surface area (Å²) in [6.45, 7) is 5.97. The average Bonchev–Trinajstić information content (AvgIpc) is 2.60. The summed E-state index contributed by atoms with van der Waals surface area (Å²) in [5, 5.41) is 0. The SMILES string of the molecule is CC(C)(CN1CCCOc2ccccc21)C(=O)NN. The summed E-state index contributed by atoms with van der Waals surface area (Å²) >= 11 is 0. The number of nitrogens with one attached hydrogen (secondary N) is 1. The molecule has 0 saturated heterocycles. The van der Waals surface area contributed by atoms with Crippen molar-refractivity contribution < 1.29 is 9.53 Å². The van der Waals surface area contributed by atoms with E-state index in [1.54, 1.807) is 0 Å². The number of hydrogen-bond donors (Lipinski definition) is 2. The molecule has 104 valence electrons. The van der Waals surface area contributed by atoms with Gasteiger partial charge in [0.25, 0.3) is 0 Å². The van der Waals surface area contributed by atoms with Gasteiger partial charge in [0.2, 0.25) is 5.91 Å². The van der Waals surface area contributed by atoms with Crippen molar-refractivity contribution in [3.8, 4) is 5.75 Å². The molecule has 5 heteroatoms. The second kappa shape index (κ2) is 5.48. The fourth-order valence-electron chi connectivity index (χ4n) is 2.31. The first-order valence-electron chi connectivity index (χ1n) is 6.52. The van der Waals surface area contributed by atoms with Gasteiger partial charge < -0.3 is 9.64 Å². The summed E-state index contributed by atoms with van der Waals surface area (Å²) in [4.78, 5) is 14.0. The third-order valence-electron chi connectivity index (χ3n) is 3.37. The zero-order chi connectivity index (χ0) is 13.9. The van der Waals surface area contributed by atoms with Crippen molar-refractivity contribution in [1.29, 1.82) is 0 Å². The van der Waals surface area contributed by atoms with Crippen LogP contribution in [0.2, 0.25) is 0 Å². The fraction of sp³-hybridized carbons (Fsp3) is 0.500. The van der Waals surface area contributed by atoms with Crippen LogP contribution < -0.4 is 20.9 Å². The van der Waals surface area contributed by atoms with E-state index in [-0.39, 0.29) is 5.91 Å². The lowest BCUT2D eigenvalue weighted by Gasteiger charge is -2.32. The minimum Gasteiger partial charge on any atom is -0.491 e. The molecule has 0 bridgehead atoms. The van der Waals surface area contributed by atoms with E-state index < -0.39 is 5.41 Å². The van der Waals surface area contributed by atoms with Gasteiger partial charge in [-0.25, -0.2) is 5.84 Å². The van der Waals surface area contributed by atoms with E-state index in [2.05, 4.69) is 10.3 Å². The third kappa shape index (κ3) is 2.98. The van der Waals surface area contributed by atoms with Crippen molar-refractivity contribution in [1.82, 2.24) is 5.43 Å². The number of hydrogen-bond acceptors (Lipinski definition) is 4. The minimum absolute atomic E-state index is 0.157. The van der Waals surface area contributed by atoms with Crippen molar-refractivity contribution >= 4 is 11.6 Å². The first kappa shape index (κ1) is 13.7. The largest absolute Gasteiger partial charge is 0.491 e. The van der Waals surface area contributed by atoms with Gasteiger partial charge in [0.1, 0.15) is 5.75 Å². The van der Waals surface area contributed by atoms with Crippen LogP contribution in [0, 0.1) is 5.41 Å². The van der Waals surface area contributed by atoms with Gasteiger partial charge in [0.15, 0.2) is 0 Å². The number of nitrogens with two attached hydrogens (primary N) is 1. The van der Waals surface area contributed by atoms with Gasteiger partial charge in [0.05, 0.1) is 17.7 Å². The highest BCUT2D eigenvalue weighted by Crippen LogP contribution is 2.32. The highest BCUT2D eigenvalue weighted by atomic mass is 16.5. The molecule has 1 heterocycles. The number of carbonyl (C=O) groups is 1. The van der Waals surface area contributed by atoms with E-state index in [0.29, 0.717) is 13.2 Å². The van der Waals surface area contributed by atoms with E-state index in [0.717, 1.165) is 24.4 Å². The van der Waals surface area contributed by atoms with Crippen molar-refractivity contribution in [2.24, 2.45) is 11.3 Å². The van der Waals surface area contributed by atoms with Crippen LogP contribution in [-0.2, 0) is 4.79 Å². The van der Waals surface area contributed by atoms with E-state index in [1.165, 1.54) is 0 Å². The molecule has 3 N–H and O–H groups in total. The Kier molecular flexibility index (Phi) is 3.95. The molecule has 0 spiro atoms. The van der Waals surface area contributed by atoms with Gasteiger partial charge in [-0.1, -0.05) is 12.1 Å². The number of benzene rings is 1. The summed E-state index contributed by atoms with van der Waals surface area (Å²) in [5.41, 5.74) is 2.73. The average molecular weight is 263 g/mol. The van der Waals surface area contributed by atoms with Crippen molar-refractivity contribution in [3.63, 3.8) is 0 Å². The molecule has 1 amide bonds. The van der Waals surface area contributed by atoms with Crippen LogP contribution in [-0.4, -0.2) is 25.6 Å². The van der Waals surface area contributed by atoms with E-state index in [1.807, 2.05) is 38.1 Å². The van der Waals surface area contributed by atoms with Gasteiger partial charge in [-0.2, -0.15) is 0 Å². The lowest BCUT2D eigenvalue weighted by Crippen LogP contribution is -2.47. The molecular formula is C14H21N3O2. The van der Waals surface area contributed by atoms with Crippen LogP contribution in [0.4, 0.5) is 5.69 Å². The quantitative estimate of drug-likeness (QED) is 0.490. The number of nitrogens with zero attached hydrogens (tertiary/aromatic N) is 1. The summed E-state index contributed by atoms with van der Waals surface area (Å²) < 4.78 is 5.71. The summed E-state index contributed by atoms with van der Waals surface area (Å²) in [6, 6.07) is 7.93. The van der Waals surface area contributed by atoms with Gasteiger partial charge in [-0.05, 0) is 32.4 Å². The summed E-state index contributed by atoms with van der Waals surface area (Å²) in [6.07, 6.45) is 0.939. The lowest BCUT2D eigenvalue weighted by molar-refractivity contribution is -0.128. The highest BCUT2D eigenvalue weighted by Gasteiger charge is 2.31. The number of rotatable bonds is 3. The summed E-state index contributed by atoms with van der Waals surface area (Å²) in [7, 11) is 0. The molecule has 19 heavy (non-hydrogen) atoms. The number of carbonyl (C=O) groups excluding carboxylic acids is 1. The number of anilines is 1. The zero-order valence-corrected chi connectivity index (χ0v) is 11.5. The predicted molar refractivity (Wildman–Crippen MR) is 74.9 cm³/mol. The Morgan fingerprint density at radius 1 is 1.47 bits per heavy atom. The Hall–Kier alpha value is -1.75. The van der Waals surface area contributed by atoms with E-state index in [9.17, 15) is 4.79 Å². The molecular weight excluding hydrogens is 242 g/mol. The molecule has 0 aliphatic carbocycles. The van der Waals surface area contributed by atoms with E-state index >= 15 is 0 Å². The zero-order valence-electron chi connectivity index (χ0n) is 11.5. The standard InChI is InChI=1S/C14H21N3O2/c1-14(2,13(18)16-15)10-17-8-5-9-19-12-7-4-3-6-11(12)17/h3-4,6-7H,5,8-10,15H2,1-2H3,(H,16,18). The van der Waals surface area contributed by atoms with Crippen LogP contribution in [0.25, 0.3) is 0 Å². The maximum atomic E-state index is 11.8. The Bertz CT molecular complexity index is 460. The van der Waals surface area contributed by atoms with Crippen LogP contribution >= 0.6 is 0 Å². The Balaban J connectivity index is 2.23. The molecule has 0 atom stereocenters. The third-order valence-corrected chi connectivity index (χ3v) is 3.37. The normalized spacial score (nSPS) is 15.2. The second-order valence-electron chi connectivity index (χ2n) is 5.45. The molecule has 2 rings (SSSR count). The molecule has 1 aliphatic heterocycles. The molecule has 1 aliphatic rings. The van der Waals surface area contributed by atoms with Crippen molar-refractivity contribution in [2.75, 3.05) is 24.6 Å². The smallest absolute Gasteiger partial charge is 0.241 e. The molecule has 0 fully saturated rings. The maximum Gasteiger partial charge on any atom is 0.241 e. The molecule has 0 radical (unpaired) electrons.